The fourth-order valence-corrected chi connectivity index (χ4v) is 3.86. The second-order valence-electron chi connectivity index (χ2n) is 6.92. The summed E-state index contributed by atoms with van der Waals surface area (Å²) in [5, 5.41) is 0.424. The van der Waals surface area contributed by atoms with Crippen LogP contribution in [0, 0.1) is 5.82 Å². The van der Waals surface area contributed by atoms with E-state index in [2.05, 4.69) is 14.8 Å². The van der Waals surface area contributed by atoms with Gasteiger partial charge in [0.05, 0.1) is 17.6 Å². The van der Waals surface area contributed by atoms with Gasteiger partial charge in [-0.3, -0.25) is 14.4 Å². The van der Waals surface area contributed by atoms with Gasteiger partial charge in [-0.05, 0) is 24.3 Å². The largest absolute Gasteiger partial charge is 0.320 e. The highest BCUT2D eigenvalue weighted by Crippen LogP contribution is 2.25. The lowest BCUT2D eigenvalue weighted by Crippen LogP contribution is -2.45. The maximum Gasteiger partial charge on any atom is 0.320 e. The van der Waals surface area contributed by atoms with Crippen molar-refractivity contribution in [3.63, 3.8) is 0 Å². The second-order valence-corrected chi connectivity index (χ2v) is 7.32. The molecule has 0 saturated carbocycles. The second kappa shape index (κ2) is 8.11. The van der Waals surface area contributed by atoms with Gasteiger partial charge >= 0.3 is 6.55 Å². The molecule has 1 saturated heterocycles. The molecule has 1 aliphatic rings. The number of hydrogen-bond donors (Lipinski definition) is 0. The van der Waals surface area contributed by atoms with E-state index in [0.29, 0.717) is 66.7 Å². The zero-order chi connectivity index (χ0) is 19.7. The van der Waals surface area contributed by atoms with Crippen LogP contribution in [0.5, 0.6) is 0 Å². The Hall–Kier alpha value is -2.09. The van der Waals surface area contributed by atoms with E-state index >= 15 is 0 Å². The fraction of sp³-hybridized carbons (Fsp3) is 0.350. The van der Waals surface area contributed by atoms with Crippen LogP contribution in [0.1, 0.15) is 17.9 Å². The molecule has 0 aliphatic carbocycles. The maximum atomic E-state index is 14.0. The summed E-state index contributed by atoms with van der Waals surface area (Å²) in [6.45, 7) is 0.963. The molecule has 1 aromatic heterocycles. The fourth-order valence-electron chi connectivity index (χ4n) is 3.64. The number of hydrogen-bond acceptors (Lipinski definition) is 3. The minimum absolute atomic E-state index is 0.305. The van der Waals surface area contributed by atoms with Gasteiger partial charge in [0.25, 0.3) is 0 Å². The van der Waals surface area contributed by atoms with Gasteiger partial charge in [0, 0.05) is 43.3 Å². The van der Waals surface area contributed by atoms with Crippen LogP contribution >= 0.6 is 11.6 Å². The molecule has 28 heavy (non-hydrogen) atoms. The zero-order valence-electron chi connectivity index (χ0n) is 15.2. The number of fused-ring (bicyclic) bond motifs is 1. The number of rotatable bonds is 5. The summed E-state index contributed by atoms with van der Waals surface area (Å²) in [5.74, 6) is 0.0578. The number of halogens is 4. The van der Waals surface area contributed by atoms with Crippen molar-refractivity contribution in [2.45, 2.75) is 19.6 Å². The lowest BCUT2D eigenvalue weighted by molar-refractivity contribution is 0.0644. The third kappa shape index (κ3) is 3.87. The van der Waals surface area contributed by atoms with Gasteiger partial charge in [-0.15, -0.1) is 0 Å². The number of nitrogens with zero attached hydrogens (tertiary/aromatic N) is 4. The lowest BCUT2D eigenvalue weighted by atomic mass is 10.2. The summed E-state index contributed by atoms with van der Waals surface area (Å²) in [6.07, 6.45) is 0. The first-order valence-electron chi connectivity index (χ1n) is 9.14. The number of para-hydroxylation sites is 2. The molecule has 0 radical (unpaired) electrons. The molecule has 0 amide bonds. The topological polar surface area (TPSA) is 24.3 Å². The number of aromatic nitrogens is 2. The standard InChI is InChI=1S/C20H20ClF3N4/c21-15-4-3-5-16(22)14(15)12-26-8-10-27(11-9-26)13-19-25-17-6-1-2-7-18(17)28(19)20(23)24/h1-7,20H,8-13H2. The third-order valence-electron chi connectivity index (χ3n) is 5.14. The van der Waals surface area contributed by atoms with Gasteiger partial charge in [-0.2, -0.15) is 8.78 Å². The van der Waals surface area contributed by atoms with Crippen molar-refractivity contribution in [2.75, 3.05) is 26.2 Å². The number of alkyl halides is 2. The van der Waals surface area contributed by atoms with Crippen molar-refractivity contribution < 1.29 is 13.2 Å². The number of imidazole rings is 1. The third-order valence-corrected chi connectivity index (χ3v) is 5.49. The first kappa shape index (κ1) is 19.2. The molecule has 0 atom stereocenters. The number of benzene rings is 2. The highest BCUT2D eigenvalue weighted by atomic mass is 35.5. The van der Waals surface area contributed by atoms with Crippen LogP contribution in [0.3, 0.4) is 0 Å². The quantitative estimate of drug-likeness (QED) is 0.619. The zero-order valence-corrected chi connectivity index (χ0v) is 15.9. The highest BCUT2D eigenvalue weighted by molar-refractivity contribution is 6.31. The minimum Gasteiger partial charge on any atom is -0.296 e. The Bertz CT molecular complexity index is 947. The Morgan fingerprint density at radius 3 is 2.29 bits per heavy atom. The Balaban J connectivity index is 1.42. The van der Waals surface area contributed by atoms with Gasteiger partial charge in [-0.25, -0.2) is 9.37 Å². The lowest BCUT2D eigenvalue weighted by Gasteiger charge is -2.34. The predicted octanol–water partition coefficient (Wildman–Crippen LogP) is 4.54. The monoisotopic (exact) mass is 408 g/mol. The molecular formula is C20H20ClF3N4. The average molecular weight is 409 g/mol. The molecule has 1 aliphatic heterocycles. The molecule has 4 rings (SSSR count). The molecule has 1 fully saturated rings. The van der Waals surface area contributed by atoms with E-state index in [-0.39, 0.29) is 5.82 Å². The first-order chi connectivity index (χ1) is 13.5. The minimum atomic E-state index is -2.63. The molecule has 0 unspecified atom stereocenters. The Kier molecular flexibility index (Phi) is 5.57. The van der Waals surface area contributed by atoms with Gasteiger partial charge in [-0.1, -0.05) is 29.8 Å². The van der Waals surface area contributed by atoms with Crippen molar-refractivity contribution in [2.24, 2.45) is 0 Å². The SMILES string of the molecule is Fc1cccc(Cl)c1CN1CCN(Cc2nc3ccccc3n2C(F)F)CC1. The summed E-state index contributed by atoms with van der Waals surface area (Å²) in [5.41, 5.74) is 1.52. The maximum absolute atomic E-state index is 14.0. The molecule has 0 spiro atoms. The molecule has 0 bridgehead atoms. The van der Waals surface area contributed by atoms with E-state index in [1.807, 2.05) is 0 Å². The van der Waals surface area contributed by atoms with E-state index < -0.39 is 6.55 Å². The van der Waals surface area contributed by atoms with Crippen LogP contribution in [0.2, 0.25) is 5.02 Å². The highest BCUT2D eigenvalue weighted by Gasteiger charge is 2.23. The summed E-state index contributed by atoms with van der Waals surface area (Å²) in [6, 6.07) is 11.6. The molecule has 3 aromatic rings. The van der Waals surface area contributed by atoms with E-state index in [0.717, 1.165) is 4.57 Å². The summed E-state index contributed by atoms with van der Waals surface area (Å²) in [4.78, 5) is 8.62. The molecular weight excluding hydrogens is 389 g/mol. The normalized spacial score (nSPS) is 16.3. The van der Waals surface area contributed by atoms with Gasteiger partial charge in [0.2, 0.25) is 0 Å². The molecule has 148 valence electrons. The summed E-state index contributed by atoms with van der Waals surface area (Å²) >= 11 is 6.11. The molecule has 0 N–H and O–H groups in total. The summed E-state index contributed by atoms with van der Waals surface area (Å²) in [7, 11) is 0. The Labute approximate surface area is 166 Å². The molecule has 2 heterocycles. The van der Waals surface area contributed by atoms with Crippen LogP contribution < -0.4 is 0 Å². The van der Waals surface area contributed by atoms with Crippen LogP contribution in [-0.4, -0.2) is 45.5 Å². The Morgan fingerprint density at radius 2 is 1.61 bits per heavy atom. The van der Waals surface area contributed by atoms with Crippen molar-refractivity contribution in [1.82, 2.24) is 19.4 Å². The van der Waals surface area contributed by atoms with Crippen molar-refractivity contribution in [3.05, 3.63) is 64.7 Å². The molecule has 8 heteroatoms. The number of piperazine rings is 1. The molecule has 4 nitrogen and oxygen atoms in total. The first-order valence-corrected chi connectivity index (χ1v) is 9.52. The summed E-state index contributed by atoms with van der Waals surface area (Å²) < 4.78 is 42.1. The predicted molar refractivity (Wildman–Crippen MR) is 103 cm³/mol. The van der Waals surface area contributed by atoms with Gasteiger partial charge < -0.3 is 0 Å². The Morgan fingerprint density at radius 1 is 0.929 bits per heavy atom. The van der Waals surface area contributed by atoms with E-state index in [1.165, 1.54) is 6.07 Å². The van der Waals surface area contributed by atoms with Gasteiger partial charge in [0.15, 0.2) is 0 Å². The van der Waals surface area contributed by atoms with E-state index in [4.69, 9.17) is 11.6 Å². The van der Waals surface area contributed by atoms with Crippen LogP contribution in [0.25, 0.3) is 11.0 Å². The van der Waals surface area contributed by atoms with Crippen LogP contribution in [0.15, 0.2) is 42.5 Å². The van der Waals surface area contributed by atoms with E-state index in [9.17, 15) is 13.2 Å². The average Bonchev–Trinajstić information content (AvgIpc) is 3.04. The molecule has 2 aromatic carbocycles. The van der Waals surface area contributed by atoms with Gasteiger partial charge in [0.1, 0.15) is 11.6 Å². The van der Waals surface area contributed by atoms with Crippen molar-refractivity contribution in [3.8, 4) is 0 Å². The van der Waals surface area contributed by atoms with Crippen molar-refractivity contribution in [1.29, 1.82) is 0 Å². The van der Waals surface area contributed by atoms with Crippen LogP contribution in [0.4, 0.5) is 13.2 Å². The smallest absolute Gasteiger partial charge is 0.296 e. The van der Waals surface area contributed by atoms with Crippen LogP contribution in [-0.2, 0) is 13.1 Å². The van der Waals surface area contributed by atoms with E-state index in [1.54, 1.807) is 36.4 Å². The van der Waals surface area contributed by atoms with Crippen molar-refractivity contribution >= 4 is 22.6 Å².